The number of phenols is 1. The number of aromatic hydroxyl groups is 1. The lowest BCUT2D eigenvalue weighted by molar-refractivity contribution is -0.141. The Hall–Kier alpha value is -0.240. The van der Waals surface area contributed by atoms with Crippen LogP contribution < -0.4 is 0 Å². The number of carbonyl (C=O) groups is 1. The summed E-state index contributed by atoms with van der Waals surface area (Å²) in [5.74, 6) is -0.356. The van der Waals surface area contributed by atoms with Crippen LogP contribution in [0.25, 0.3) is 0 Å². The van der Waals surface area contributed by atoms with E-state index in [4.69, 9.17) is 4.74 Å². The number of benzene rings is 1. The molecule has 4 nitrogen and oxygen atoms in total. The molecule has 118 valence electrons. The number of rotatable bonds is 6. The monoisotopic (exact) mass is 440 g/mol. The van der Waals surface area contributed by atoms with Crippen LogP contribution in [0.4, 0.5) is 0 Å². The van der Waals surface area contributed by atoms with Gasteiger partial charge in [-0.1, -0.05) is 29.8 Å². The summed E-state index contributed by atoms with van der Waals surface area (Å²) in [5.41, 5.74) is -0.157. The van der Waals surface area contributed by atoms with Gasteiger partial charge in [0.1, 0.15) is 5.75 Å². The largest absolute Gasteiger partial charge is 0.506 e. The number of hydrogen-bond donors (Lipinski definition) is 3. The van der Waals surface area contributed by atoms with E-state index in [1.165, 1.54) is 0 Å². The van der Waals surface area contributed by atoms with Crippen LogP contribution in [0.15, 0.2) is 21.1 Å². The maximum absolute atomic E-state index is 11.1. The molecule has 0 spiro atoms. The first kappa shape index (κ1) is 18.8. The van der Waals surface area contributed by atoms with E-state index in [-0.39, 0.29) is 18.1 Å². The van der Waals surface area contributed by atoms with Crippen LogP contribution in [0.3, 0.4) is 0 Å². The molecule has 0 aromatic heterocycles. The number of aliphatic hydroxyl groups is 1. The van der Waals surface area contributed by atoms with Crippen LogP contribution in [0.2, 0.25) is 0 Å². The van der Waals surface area contributed by atoms with Gasteiger partial charge in [0.15, 0.2) is 0 Å². The van der Waals surface area contributed by atoms with Crippen molar-refractivity contribution in [2.75, 3.05) is 12.4 Å². The minimum atomic E-state index is -0.902. The molecule has 21 heavy (non-hydrogen) atoms. The van der Waals surface area contributed by atoms with E-state index in [2.05, 4.69) is 44.5 Å². The van der Waals surface area contributed by atoms with Crippen molar-refractivity contribution in [3.05, 3.63) is 26.6 Å². The fourth-order valence-electron chi connectivity index (χ4n) is 1.83. The molecule has 2 N–H and O–H groups in total. The Morgan fingerprint density at radius 1 is 1.43 bits per heavy atom. The van der Waals surface area contributed by atoms with Gasteiger partial charge in [0.05, 0.1) is 22.9 Å². The van der Waals surface area contributed by atoms with Crippen molar-refractivity contribution in [1.29, 1.82) is 0 Å². The van der Waals surface area contributed by atoms with Crippen LogP contribution in [0.5, 0.6) is 5.75 Å². The predicted molar refractivity (Wildman–Crippen MR) is 91.7 cm³/mol. The van der Waals surface area contributed by atoms with E-state index >= 15 is 0 Å². The van der Waals surface area contributed by atoms with Gasteiger partial charge in [-0.3, -0.25) is 4.79 Å². The van der Waals surface area contributed by atoms with Gasteiger partial charge in [0, 0.05) is 10.0 Å². The lowest BCUT2D eigenvalue weighted by Gasteiger charge is -2.31. The third-order valence-corrected chi connectivity index (χ3v) is 4.55. The standard InChI is InChI=1S/C14H18Br2O4S/c1-14(2,3-4-20-11(17)7-21)13(19)9-5-8(15)6-10(16)12(9)18/h5-6,13,18-19,21H,3-4,7H2,1-2H3/t13-/m1/s1. The first-order chi connectivity index (χ1) is 9.69. The van der Waals surface area contributed by atoms with Gasteiger partial charge in [-0.05, 0) is 39.9 Å². The lowest BCUT2D eigenvalue weighted by Crippen LogP contribution is -2.25. The van der Waals surface area contributed by atoms with E-state index in [1.807, 2.05) is 13.8 Å². The maximum atomic E-state index is 11.1. The minimum Gasteiger partial charge on any atom is -0.506 e. The topological polar surface area (TPSA) is 66.8 Å². The predicted octanol–water partition coefficient (Wildman–Crippen LogP) is 3.84. The van der Waals surface area contributed by atoms with E-state index in [0.717, 1.165) is 4.47 Å². The zero-order valence-electron chi connectivity index (χ0n) is 11.8. The number of hydrogen-bond acceptors (Lipinski definition) is 5. The highest BCUT2D eigenvalue weighted by atomic mass is 79.9. The van der Waals surface area contributed by atoms with Crippen LogP contribution in [-0.4, -0.2) is 28.5 Å². The molecule has 7 heteroatoms. The molecular formula is C14H18Br2O4S. The van der Waals surface area contributed by atoms with Crippen LogP contribution >= 0.6 is 44.5 Å². The number of aliphatic hydroxyl groups excluding tert-OH is 1. The van der Waals surface area contributed by atoms with Crippen LogP contribution in [-0.2, 0) is 9.53 Å². The fraction of sp³-hybridized carbons (Fsp3) is 0.500. The summed E-state index contributed by atoms with van der Waals surface area (Å²) in [7, 11) is 0. The molecule has 0 saturated carbocycles. The molecule has 0 heterocycles. The Bertz CT molecular complexity index is 520. The second-order valence-corrected chi connectivity index (χ2v) is 7.43. The summed E-state index contributed by atoms with van der Waals surface area (Å²) < 4.78 is 6.23. The van der Waals surface area contributed by atoms with Crippen molar-refractivity contribution in [1.82, 2.24) is 0 Å². The van der Waals surface area contributed by atoms with Crippen molar-refractivity contribution in [3.8, 4) is 5.75 Å². The van der Waals surface area contributed by atoms with Gasteiger partial charge in [0.2, 0.25) is 0 Å². The number of halogens is 2. The molecule has 1 aromatic carbocycles. The first-order valence-corrected chi connectivity index (χ1v) is 8.53. The Labute approximate surface area is 146 Å². The Morgan fingerprint density at radius 2 is 2.05 bits per heavy atom. The summed E-state index contributed by atoms with van der Waals surface area (Å²) in [4.78, 5) is 11.1. The van der Waals surface area contributed by atoms with Gasteiger partial charge in [0.25, 0.3) is 0 Å². The Kier molecular flexibility index (Phi) is 7.03. The van der Waals surface area contributed by atoms with Crippen LogP contribution in [0, 0.1) is 5.41 Å². The van der Waals surface area contributed by atoms with E-state index < -0.39 is 17.5 Å². The Morgan fingerprint density at radius 3 is 2.62 bits per heavy atom. The highest BCUT2D eigenvalue weighted by Crippen LogP contribution is 2.43. The molecule has 0 bridgehead atoms. The van der Waals surface area contributed by atoms with Gasteiger partial charge in [-0.15, -0.1) is 0 Å². The molecule has 0 aliphatic carbocycles. The van der Waals surface area contributed by atoms with Gasteiger partial charge < -0.3 is 14.9 Å². The number of thiol groups is 1. The molecule has 0 radical (unpaired) electrons. The first-order valence-electron chi connectivity index (χ1n) is 6.31. The third-order valence-electron chi connectivity index (χ3n) is 3.23. The van der Waals surface area contributed by atoms with Crippen molar-refractivity contribution in [2.24, 2.45) is 5.41 Å². The van der Waals surface area contributed by atoms with Crippen molar-refractivity contribution >= 4 is 50.5 Å². The summed E-state index contributed by atoms with van der Waals surface area (Å²) in [6.07, 6.45) is -0.446. The second-order valence-electron chi connectivity index (χ2n) is 5.35. The van der Waals surface area contributed by atoms with Crippen LogP contribution in [0.1, 0.15) is 31.9 Å². The molecule has 0 aliphatic rings. The van der Waals surface area contributed by atoms with E-state index in [9.17, 15) is 15.0 Å². The average molecular weight is 442 g/mol. The molecule has 0 aliphatic heterocycles. The molecule has 1 aromatic rings. The van der Waals surface area contributed by atoms with E-state index in [1.54, 1.807) is 12.1 Å². The molecular weight excluding hydrogens is 424 g/mol. The van der Waals surface area contributed by atoms with Crippen molar-refractivity contribution in [2.45, 2.75) is 26.4 Å². The smallest absolute Gasteiger partial charge is 0.315 e. The van der Waals surface area contributed by atoms with E-state index in [0.29, 0.717) is 16.5 Å². The normalized spacial score (nSPS) is 13.0. The van der Waals surface area contributed by atoms with Gasteiger partial charge in [-0.2, -0.15) is 12.6 Å². The molecule has 0 fully saturated rings. The van der Waals surface area contributed by atoms with Crippen molar-refractivity contribution in [3.63, 3.8) is 0 Å². The number of esters is 1. The van der Waals surface area contributed by atoms with Crippen molar-refractivity contribution < 1.29 is 19.7 Å². The molecule has 0 amide bonds. The minimum absolute atomic E-state index is 0.00567. The lowest BCUT2D eigenvalue weighted by atomic mass is 9.80. The summed E-state index contributed by atoms with van der Waals surface area (Å²) >= 11 is 10.4. The zero-order chi connectivity index (χ0) is 16.2. The molecule has 1 atom stereocenters. The molecule has 0 saturated heterocycles. The average Bonchev–Trinajstić information content (AvgIpc) is 2.41. The molecule has 0 unspecified atom stereocenters. The highest BCUT2D eigenvalue weighted by molar-refractivity contribution is 9.11. The third kappa shape index (κ3) is 5.16. The van der Waals surface area contributed by atoms with Gasteiger partial charge >= 0.3 is 5.97 Å². The fourth-order valence-corrected chi connectivity index (χ4v) is 3.18. The van der Waals surface area contributed by atoms with Gasteiger partial charge in [-0.25, -0.2) is 0 Å². The highest BCUT2D eigenvalue weighted by Gasteiger charge is 2.32. The maximum Gasteiger partial charge on any atom is 0.315 e. The summed E-state index contributed by atoms with van der Waals surface area (Å²) in [6, 6.07) is 3.37. The quantitative estimate of drug-likeness (QED) is 0.463. The molecule has 1 rings (SSSR count). The summed E-state index contributed by atoms with van der Waals surface area (Å²) in [5, 5.41) is 20.6. The summed E-state index contributed by atoms with van der Waals surface area (Å²) in [6.45, 7) is 3.89. The number of phenolic OH excluding ortho intramolecular Hbond substituents is 1. The SMILES string of the molecule is CC(C)(CCOC(=O)CS)[C@H](O)c1cc(Br)cc(Br)c1O. The number of ether oxygens (including phenoxy) is 1. The number of carbonyl (C=O) groups excluding carboxylic acids is 1. The Balaban J connectivity index is 2.85. The second kappa shape index (κ2) is 7.85. The zero-order valence-corrected chi connectivity index (χ0v) is 15.8.